The molecule has 0 aromatic heterocycles. The number of hydrogen-bond donors (Lipinski definition) is 6. The van der Waals surface area contributed by atoms with Gasteiger partial charge in [-0.3, -0.25) is 0 Å². The minimum absolute atomic E-state index is 0.350. The molecule has 1 aliphatic rings. The van der Waals surface area contributed by atoms with Crippen molar-refractivity contribution in [3.05, 3.63) is 0 Å². The van der Waals surface area contributed by atoms with Crippen LogP contribution < -0.4 is 22.1 Å². The molecule has 56 heavy (non-hydrogen) atoms. The average molecular weight is 795 g/mol. The number of rotatable bonds is 44. The van der Waals surface area contributed by atoms with Crippen molar-refractivity contribution in [2.24, 2.45) is 23.3 Å². The first-order valence-corrected chi connectivity index (χ1v) is 25.1. The van der Waals surface area contributed by atoms with Crippen LogP contribution in [0, 0.1) is 11.8 Å². The molecule has 8 nitrogen and oxygen atoms in total. The van der Waals surface area contributed by atoms with E-state index in [9.17, 15) is 10.2 Å². The Balaban J connectivity index is 2.06. The molecule has 1 saturated heterocycles. The van der Waals surface area contributed by atoms with Crippen LogP contribution in [0.25, 0.3) is 0 Å². The molecular formula is C48H102N6O2. The van der Waals surface area contributed by atoms with Gasteiger partial charge >= 0.3 is 0 Å². The zero-order chi connectivity index (χ0) is 40.6. The topological polar surface area (TPSA) is 123 Å². The van der Waals surface area contributed by atoms with Gasteiger partial charge < -0.3 is 42.1 Å². The molecule has 8 N–H and O–H groups in total. The minimum atomic E-state index is -0.350. The van der Waals surface area contributed by atoms with Crippen LogP contribution in [0.3, 0.4) is 0 Å². The normalized spacial score (nSPS) is 16.4. The first-order valence-electron chi connectivity index (χ1n) is 25.1. The monoisotopic (exact) mass is 795 g/mol. The molecule has 0 aromatic rings. The summed E-state index contributed by atoms with van der Waals surface area (Å²) >= 11 is 0. The maximum atomic E-state index is 10.2. The molecule has 0 bridgehead atoms. The summed E-state index contributed by atoms with van der Waals surface area (Å²) in [6.07, 6.45) is 38.6. The van der Waals surface area contributed by atoms with Crippen LogP contribution in [0.2, 0.25) is 0 Å². The second kappa shape index (κ2) is 41.4. The number of nitrogens with one attached hydrogen (secondary N) is 2. The fourth-order valence-corrected chi connectivity index (χ4v) is 8.87. The Hall–Kier alpha value is -0.320. The van der Waals surface area contributed by atoms with Crippen LogP contribution in [0.1, 0.15) is 206 Å². The van der Waals surface area contributed by atoms with Crippen molar-refractivity contribution in [3.8, 4) is 0 Å². The quantitative estimate of drug-likeness (QED) is 0.0338. The third-order valence-electron chi connectivity index (χ3n) is 12.8. The number of nitrogens with zero attached hydrogens (tertiary/aromatic N) is 2. The van der Waals surface area contributed by atoms with Gasteiger partial charge in [0.15, 0.2) is 0 Å². The molecule has 0 saturated carbocycles. The van der Waals surface area contributed by atoms with E-state index >= 15 is 0 Å². The third-order valence-corrected chi connectivity index (χ3v) is 12.8. The number of piperazine rings is 1. The maximum absolute atomic E-state index is 10.2. The molecule has 0 aromatic carbocycles. The molecule has 336 valence electrons. The van der Waals surface area contributed by atoms with Crippen molar-refractivity contribution in [2.75, 3.05) is 78.5 Å². The summed E-state index contributed by atoms with van der Waals surface area (Å²) in [5.41, 5.74) is 11.5. The summed E-state index contributed by atoms with van der Waals surface area (Å²) in [6.45, 7) is 16.8. The van der Waals surface area contributed by atoms with E-state index in [1.165, 1.54) is 206 Å². The first kappa shape index (κ1) is 53.7. The second-order valence-electron chi connectivity index (χ2n) is 18.1. The van der Waals surface area contributed by atoms with Crippen molar-refractivity contribution < 1.29 is 10.2 Å². The molecule has 0 spiro atoms. The average Bonchev–Trinajstić information content (AvgIpc) is 3.21. The Kier molecular flexibility index (Phi) is 39.7. The van der Waals surface area contributed by atoms with E-state index < -0.39 is 0 Å². The van der Waals surface area contributed by atoms with Gasteiger partial charge in [0.2, 0.25) is 0 Å². The van der Waals surface area contributed by atoms with Gasteiger partial charge in [-0.15, -0.1) is 0 Å². The number of nitrogens with two attached hydrogens (primary N) is 2. The minimum Gasteiger partial charge on any atom is -0.392 e. The summed E-state index contributed by atoms with van der Waals surface area (Å²) in [7, 11) is 0. The summed E-state index contributed by atoms with van der Waals surface area (Å²) in [5.74, 6) is 1.17. The van der Waals surface area contributed by atoms with E-state index in [0.29, 0.717) is 24.9 Å². The molecule has 0 amide bonds. The van der Waals surface area contributed by atoms with Crippen molar-refractivity contribution in [1.29, 1.82) is 0 Å². The number of aliphatic hydroxyl groups excluding tert-OH is 2. The molecule has 4 unspecified atom stereocenters. The SMILES string of the molecule is CCCCCCCCCCCCCC(CCNCCCN1CCN(CCCNCCC(CCCCCCCCCCCCC)CC(O)CN)CC1)CC(O)CN. The van der Waals surface area contributed by atoms with Crippen LogP contribution in [-0.2, 0) is 0 Å². The Morgan fingerprint density at radius 2 is 0.714 bits per heavy atom. The Bertz CT molecular complexity index is 708. The van der Waals surface area contributed by atoms with Crippen LogP contribution in [0.15, 0.2) is 0 Å². The molecule has 1 heterocycles. The van der Waals surface area contributed by atoms with Crippen LogP contribution in [0.4, 0.5) is 0 Å². The predicted octanol–water partition coefficient (Wildman–Crippen LogP) is 9.40. The highest BCUT2D eigenvalue weighted by Crippen LogP contribution is 2.22. The first-order chi connectivity index (χ1) is 27.5. The third kappa shape index (κ3) is 34.5. The van der Waals surface area contributed by atoms with Gasteiger partial charge in [-0.2, -0.15) is 0 Å². The van der Waals surface area contributed by atoms with Gasteiger partial charge in [0.25, 0.3) is 0 Å². The molecule has 4 atom stereocenters. The highest BCUT2D eigenvalue weighted by molar-refractivity contribution is 4.74. The smallest absolute Gasteiger partial charge is 0.0665 e. The fraction of sp³-hybridized carbons (Fsp3) is 1.00. The predicted molar refractivity (Wildman–Crippen MR) is 246 cm³/mol. The molecular weight excluding hydrogens is 693 g/mol. The van der Waals surface area contributed by atoms with Gasteiger partial charge in [0.1, 0.15) is 0 Å². The Morgan fingerprint density at radius 1 is 0.411 bits per heavy atom. The van der Waals surface area contributed by atoms with E-state index in [1.54, 1.807) is 0 Å². The standard InChI is InChI=1S/C48H102N6O2/c1-3-5-7-9-11-13-15-17-19-21-23-27-45(41-47(55)43-49)29-33-51-31-25-35-53-37-39-54(40-38-53)36-26-32-52-34-30-46(42-48(56)44-50)28-24-22-20-18-16-14-12-10-8-6-4-2/h45-48,51-52,55-56H,3-44,49-50H2,1-2H3. The van der Waals surface area contributed by atoms with Gasteiger partial charge in [0.05, 0.1) is 12.2 Å². The summed E-state index contributed by atoms with van der Waals surface area (Å²) < 4.78 is 0. The van der Waals surface area contributed by atoms with E-state index in [2.05, 4.69) is 34.3 Å². The molecule has 8 heteroatoms. The second-order valence-corrected chi connectivity index (χ2v) is 18.1. The highest BCUT2D eigenvalue weighted by atomic mass is 16.3. The lowest BCUT2D eigenvalue weighted by molar-refractivity contribution is 0.129. The van der Waals surface area contributed by atoms with Crippen LogP contribution in [-0.4, -0.2) is 111 Å². The van der Waals surface area contributed by atoms with E-state index in [4.69, 9.17) is 11.5 Å². The lowest BCUT2D eigenvalue weighted by Crippen LogP contribution is -2.47. The van der Waals surface area contributed by atoms with E-state index in [0.717, 1.165) is 51.9 Å². The van der Waals surface area contributed by atoms with Crippen LogP contribution in [0.5, 0.6) is 0 Å². The highest BCUT2D eigenvalue weighted by Gasteiger charge is 2.17. The van der Waals surface area contributed by atoms with Gasteiger partial charge in [-0.25, -0.2) is 0 Å². The van der Waals surface area contributed by atoms with Gasteiger partial charge in [-0.05, 0) is 89.6 Å². The summed E-state index contributed by atoms with van der Waals surface area (Å²) in [6, 6.07) is 0. The molecule has 0 radical (unpaired) electrons. The number of hydrogen-bond acceptors (Lipinski definition) is 8. The number of unbranched alkanes of at least 4 members (excludes halogenated alkanes) is 20. The summed E-state index contributed by atoms with van der Waals surface area (Å²) in [5, 5.41) is 27.9. The molecule has 1 fully saturated rings. The zero-order valence-electron chi connectivity index (χ0n) is 38.0. The lowest BCUT2D eigenvalue weighted by atomic mass is 9.91. The molecule has 1 rings (SSSR count). The van der Waals surface area contributed by atoms with Crippen LogP contribution >= 0.6 is 0 Å². The Labute approximate surface area is 350 Å². The van der Waals surface area contributed by atoms with Gasteiger partial charge in [-0.1, -0.05) is 168 Å². The largest absolute Gasteiger partial charge is 0.392 e. The summed E-state index contributed by atoms with van der Waals surface area (Å²) in [4.78, 5) is 5.30. The fourth-order valence-electron chi connectivity index (χ4n) is 8.87. The molecule has 0 aliphatic carbocycles. The van der Waals surface area contributed by atoms with Crippen molar-refractivity contribution in [1.82, 2.24) is 20.4 Å². The Morgan fingerprint density at radius 3 is 1.02 bits per heavy atom. The lowest BCUT2D eigenvalue weighted by Gasteiger charge is -2.34. The van der Waals surface area contributed by atoms with Crippen molar-refractivity contribution in [2.45, 2.75) is 219 Å². The molecule has 1 aliphatic heterocycles. The zero-order valence-corrected chi connectivity index (χ0v) is 38.0. The van der Waals surface area contributed by atoms with E-state index in [1.807, 2.05) is 0 Å². The van der Waals surface area contributed by atoms with E-state index in [-0.39, 0.29) is 12.2 Å². The van der Waals surface area contributed by atoms with Crippen molar-refractivity contribution >= 4 is 0 Å². The van der Waals surface area contributed by atoms with Gasteiger partial charge in [0, 0.05) is 39.3 Å². The maximum Gasteiger partial charge on any atom is 0.0665 e. The number of aliphatic hydroxyl groups is 2. The van der Waals surface area contributed by atoms with Crippen molar-refractivity contribution in [3.63, 3.8) is 0 Å².